The SMILES string of the molecule is Cc1onc(C(=O)N2CCCC(CNC(=O)c3ccccc3Cl)C2)c1CO. The fraction of sp³-hybridized carbons (Fsp3) is 0.421. The Kier molecular flexibility index (Phi) is 6.13. The summed E-state index contributed by atoms with van der Waals surface area (Å²) in [4.78, 5) is 26.7. The number of nitrogens with zero attached hydrogens (tertiary/aromatic N) is 2. The molecule has 1 aromatic heterocycles. The lowest BCUT2D eigenvalue weighted by Gasteiger charge is -2.32. The van der Waals surface area contributed by atoms with Crippen molar-refractivity contribution in [2.75, 3.05) is 19.6 Å². The quantitative estimate of drug-likeness (QED) is 0.816. The summed E-state index contributed by atoms with van der Waals surface area (Å²) < 4.78 is 5.04. The lowest BCUT2D eigenvalue weighted by molar-refractivity contribution is 0.0658. The molecule has 2 heterocycles. The van der Waals surface area contributed by atoms with Crippen molar-refractivity contribution in [3.8, 4) is 0 Å². The molecule has 27 heavy (non-hydrogen) atoms. The Balaban J connectivity index is 1.60. The van der Waals surface area contributed by atoms with Crippen molar-refractivity contribution in [2.24, 2.45) is 5.92 Å². The first-order valence-electron chi connectivity index (χ1n) is 8.89. The number of aliphatic hydroxyl groups is 1. The van der Waals surface area contributed by atoms with Crippen LogP contribution >= 0.6 is 11.6 Å². The monoisotopic (exact) mass is 391 g/mol. The highest BCUT2D eigenvalue weighted by Crippen LogP contribution is 2.21. The van der Waals surface area contributed by atoms with Crippen LogP contribution in [0.4, 0.5) is 0 Å². The molecule has 1 aromatic carbocycles. The molecule has 3 rings (SSSR count). The second-order valence-corrected chi connectivity index (χ2v) is 7.08. The zero-order valence-corrected chi connectivity index (χ0v) is 15.8. The van der Waals surface area contributed by atoms with Crippen LogP contribution in [0.3, 0.4) is 0 Å². The van der Waals surface area contributed by atoms with Gasteiger partial charge in [0.1, 0.15) is 5.76 Å². The molecule has 0 saturated carbocycles. The standard InChI is InChI=1S/C19H22ClN3O4/c1-12-15(11-24)17(22-27-12)19(26)23-8-4-5-13(10-23)9-21-18(25)14-6-2-3-7-16(14)20/h2-3,6-7,13,24H,4-5,8-11H2,1H3,(H,21,25). The first-order valence-corrected chi connectivity index (χ1v) is 9.27. The molecule has 1 aliphatic heterocycles. The van der Waals surface area contributed by atoms with Gasteiger partial charge in [0.15, 0.2) is 5.69 Å². The van der Waals surface area contributed by atoms with Crippen molar-refractivity contribution in [1.29, 1.82) is 0 Å². The highest BCUT2D eigenvalue weighted by Gasteiger charge is 2.29. The molecule has 1 unspecified atom stereocenters. The van der Waals surface area contributed by atoms with Crippen LogP contribution in [-0.4, -0.2) is 46.6 Å². The number of aromatic nitrogens is 1. The van der Waals surface area contributed by atoms with Gasteiger partial charge in [0, 0.05) is 19.6 Å². The van der Waals surface area contributed by atoms with Crippen molar-refractivity contribution >= 4 is 23.4 Å². The third-order valence-electron chi connectivity index (χ3n) is 4.82. The number of likely N-dealkylation sites (tertiary alicyclic amines) is 1. The third kappa shape index (κ3) is 4.31. The van der Waals surface area contributed by atoms with E-state index >= 15 is 0 Å². The average Bonchev–Trinajstić information content (AvgIpc) is 3.06. The van der Waals surface area contributed by atoms with Crippen LogP contribution in [0.2, 0.25) is 5.02 Å². The van der Waals surface area contributed by atoms with Gasteiger partial charge < -0.3 is 19.8 Å². The Morgan fingerprint density at radius 3 is 2.93 bits per heavy atom. The Morgan fingerprint density at radius 1 is 1.41 bits per heavy atom. The Bertz CT molecular complexity index is 836. The summed E-state index contributed by atoms with van der Waals surface area (Å²) >= 11 is 6.05. The Morgan fingerprint density at radius 2 is 2.19 bits per heavy atom. The molecular weight excluding hydrogens is 370 g/mol. The molecule has 2 N–H and O–H groups in total. The predicted octanol–water partition coefficient (Wildman–Crippen LogP) is 2.41. The van der Waals surface area contributed by atoms with Crippen molar-refractivity contribution in [2.45, 2.75) is 26.4 Å². The second kappa shape index (κ2) is 8.54. The van der Waals surface area contributed by atoms with Crippen molar-refractivity contribution in [1.82, 2.24) is 15.4 Å². The number of nitrogens with one attached hydrogen (secondary N) is 1. The van der Waals surface area contributed by atoms with Crippen LogP contribution in [0.25, 0.3) is 0 Å². The minimum atomic E-state index is -0.290. The zero-order chi connectivity index (χ0) is 19.4. The largest absolute Gasteiger partial charge is 0.391 e. The minimum absolute atomic E-state index is 0.139. The molecule has 8 heteroatoms. The first kappa shape index (κ1) is 19.4. The maximum Gasteiger partial charge on any atom is 0.276 e. The van der Waals surface area contributed by atoms with Gasteiger partial charge in [-0.2, -0.15) is 0 Å². The van der Waals surface area contributed by atoms with Crippen molar-refractivity contribution in [3.05, 3.63) is 51.9 Å². The van der Waals surface area contributed by atoms with E-state index in [1.54, 1.807) is 36.1 Å². The summed E-state index contributed by atoms with van der Waals surface area (Å²) in [5.74, 6) is 0.109. The number of hydrogen-bond acceptors (Lipinski definition) is 5. The Labute approximate surface area is 162 Å². The maximum absolute atomic E-state index is 12.7. The number of aryl methyl sites for hydroxylation is 1. The summed E-state index contributed by atoms with van der Waals surface area (Å²) in [6.07, 6.45) is 1.75. The molecule has 0 radical (unpaired) electrons. The first-order chi connectivity index (χ1) is 13.0. The molecule has 1 aliphatic rings. The molecule has 2 amide bonds. The fourth-order valence-electron chi connectivity index (χ4n) is 3.29. The topological polar surface area (TPSA) is 95.7 Å². The number of piperidine rings is 1. The van der Waals surface area contributed by atoms with E-state index in [1.165, 1.54) is 0 Å². The number of amides is 2. The normalized spacial score (nSPS) is 17.0. The summed E-state index contributed by atoms with van der Waals surface area (Å²) in [5, 5.41) is 16.5. The summed E-state index contributed by atoms with van der Waals surface area (Å²) in [6, 6.07) is 6.89. The van der Waals surface area contributed by atoms with Gasteiger partial charge in [0.05, 0.1) is 22.8 Å². The van der Waals surface area contributed by atoms with E-state index in [2.05, 4.69) is 10.5 Å². The van der Waals surface area contributed by atoms with E-state index in [0.717, 1.165) is 12.8 Å². The predicted molar refractivity (Wildman–Crippen MR) is 99.6 cm³/mol. The van der Waals surface area contributed by atoms with E-state index in [1.807, 2.05) is 0 Å². The fourth-order valence-corrected chi connectivity index (χ4v) is 3.51. The van der Waals surface area contributed by atoms with E-state index < -0.39 is 0 Å². The zero-order valence-electron chi connectivity index (χ0n) is 15.1. The van der Waals surface area contributed by atoms with Crippen LogP contribution < -0.4 is 5.32 Å². The maximum atomic E-state index is 12.7. The molecule has 144 valence electrons. The number of carbonyl (C=O) groups excluding carboxylic acids is 2. The number of benzene rings is 1. The van der Waals surface area contributed by atoms with Crippen LogP contribution in [0.15, 0.2) is 28.8 Å². The van der Waals surface area contributed by atoms with E-state index in [9.17, 15) is 14.7 Å². The highest BCUT2D eigenvalue weighted by molar-refractivity contribution is 6.33. The molecule has 1 fully saturated rings. The lowest BCUT2D eigenvalue weighted by atomic mass is 9.97. The van der Waals surface area contributed by atoms with E-state index in [4.69, 9.17) is 16.1 Å². The molecule has 1 saturated heterocycles. The number of hydrogen-bond donors (Lipinski definition) is 2. The van der Waals surface area contributed by atoms with Gasteiger partial charge in [-0.3, -0.25) is 9.59 Å². The van der Waals surface area contributed by atoms with Gasteiger partial charge in [-0.1, -0.05) is 28.9 Å². The molecule has 0 aliphatic carbocycles. The average molecular weight is 392 g/mol. The number of carbonyl (C=O) groups is 2. The summed E-state index contributed by atoms with van der Waals surface area (Å²) in [6.45, 7) is 2.96. The molecule has 1 atom stereocenters. The van der Waals surface area contributed by atoms with Crippen LogP contribution in [0.1, 0.15) is 45.0 Å². The molecule has 7 nitrogen and oxygen atoms in total. The smallest absolute Gasteiger partial charge is 0.276 e. The molecular formula is C19H22ClN3O4. The van der Waals surface area contributed by atoms with Gasteiger partial charge in [-0.05, 0) is 37.8 Å². The van der Waals surface area contributed by atoms with Gasteiger partial charge in [0.25, 0.3) is 11.8 Å². The number of rotatable bonds is 5. The number of aliphatic hydroxyl groups excluding tert-OH is 1. The van der Waals surface area contributed by atoms with Crippen LogP contribution in [0.5, 0.6) is 0 Å². The van der Waals surface area contributed by atoms with Gasteiger partial charge in [-0.15, -0.1) is 0 Å². The van der Waals surface area contributed by atoms with E-state index in [0.29, 0.717) is 41.5 Å². The van der Waals surface area contributed by atoms with Gasteiger partial charge in [-0.25, -0.2) is 0 Å². The second-order valence-electron chi connectivity index (χ2n) is 6.67. The minimum Gasteiger partial charge on any atom is -0.391 e. The summed E-state index contributed by atoms with van der Waals surface area (Å²) in [5.41, 5.74) is 1.03. The van der Waals surface area contributed by atoms with Gasteiger partial charge in [0.2, 0.25) is 0 Å². The number of halogens is 1. The Hall–Kier alpha value is -2.38. The highest BCUT2D eigenvalue weighted by atomic mass is 35.5. The third-order valence-corrected chi connectivity index (χ3v) is 5.15. The van der Waals surface area contributed by atoms with E-state index in [-0.39, 0.29) is 30.0 Å². The molecule has 0 bridgehead atoms. The molecule has 0 spiro atoms. The van der Waals surface area contributed by atoms with Crippen LogP contribution in [0, 0.1) is 12.8 Å². The summed E-state index contributed by atoms with van der Waals surface area (Å²) in [7, 11) is 0. The van der Waals surface area contributed by atoms with Gasteiger partial charge >= 0.3 is 0 Å². The van der Waals surface area contributed by atoms with Crippen molar-refractivity contribution in [3.63, 3.8) is 0 Å². The molecule has 2 aromatic rings. The lowest BCUT2D eigenvalue weighted by Crippen LogP contribution is -2.44. The van der Waals surface area contributed by atoms with Crippen molar-refractivity contribution < 1.29 is 19.2 Å². The van der Waals surface area contributed by atoms with Crippen LogP contribution in [-0.2, 0) is 6.61 Å².